The largest absolute Gasteiger partial charge is 0.325 e. The van der Waals surface area contributed by atoms with Crippen LogP contribution in [0.25, 0.3) is 0 Å². The Hall–Kier alpha value is -0.600. The first-order chi connectivity index (χ1) is 9.00. The first-order valence-electron chi connectivity index (χ1n) is 7.23. The average Bonchev–Trinajstić information content (AvgIpc) is 2.16. The van der Waals surface area contributed by atoms with Crippen molar-refractivity contribution in [3.8, 4) is 0 Å². The van der Waals surface area contributed by atoms with Gasteiger partial charge in [-0.2, -0.15) is 0 Å². The Bertz CT molecular complexity index is 492. The summed E-state index contributed by atoms with van der Waals surface area (Å²) in [6.07, 6.45) is 3.57. The quantitative estimate of drug-likeness (QED) is 0.820. The molecule has 2 N–H and O–H groups in total. The van der Waals surface area contributed by atoms with Crippen molar-refractivity contribution in [2.24, 2.45) is 16.6 Å². The van der Waals surface area contributed by atoms with Crippen LogP contribution in [0.3, 0.4) is 0 Å². The highest BCUT2D eigenvalue weighted by atomic mass is 35.5. The molecule has 0 radical (unpaired) electrons. The Labute approximate surface area is 126 Å². The van der Waals surface area contributed by atoms with Gasteiger partial charge in [-0.05, 0) is 54.2 Å². The molecular formula is C17H25ClFN. The highest BCUT2D eigenvalue weighted by molar-refractivity contribution is 6.30. The maximum Gasteiger partial charge on any atom is 0.127 e. The van der Waals surface area contributed by atoms with E-state index in [-0.39, 0.29) is 22.2 Å². The Morgan fingerprint density at radius 2 is 1.65 bits per heavy atom. The van der Waals surface area contributed by atoms with E-state index in [9.17, 15) is 4.39 Å². The Kier molecular flexibility index (Phi) is 3.94. The predicted molar refractivity (Wildman–Crippen MR) is 83.4 cm³/mol. The topological polar surface area (TPSA) is 26.0 Å². The lowest BCUT2D eigenvalue weighted by molar-refractivity contribution is 0.0483. The Morgan fingerprint density at radius 3 is 2.15 bits per heavy atom. The molecule has 0 saturated heterocycles. The van der Waals surface area contributed by atoms with E-state index >= 15 is 0 Å². The number of halogens is 2. The van der Waals surface area contributed by atoms with E-state index in [0.717, 1.165) is 19.3 Å². The fourth-order valence-corrected chi connectivity index (χ4v) is 4.72. The van der Waals surface area contributed by atoms with E-state index in [1.54, 1.807) is 12.1 Å². The van der Waals surface area contributed by atoms with Crippen LogP contribution in [0, 0.1) is 16.6 Å². The molecule has 112 valence electrons. The van der Waals surface area contributed by atoms with Gasteiger partial charge >= 0.3 is 0 Å². The zero-order valence-corrected chi connectivity index (χ0v) is 13.6. The summed E-state index contributed by atoms with van der Waals surface area (Å²) in [6, 6.07) is 4.88. The van der Waals surface area contributed by atoms with Crippen molar-refractivity contribution in [3.63, 3.8) is 0 Å². The van der Waals surface area contributed by atoms with E-state index in [1.165, 1.54) is 6.07 Å². The van der Waals surface area contributed by atoms with Crippen LogP contribution in [0.2, 0.25) is 5.02 Å². The van der Waals surface area contributed by atoms with Gasteiger partial charge in [-0.1, -0.05) is 45.4 Å². The number of hydrogen-bond donors (Lipinski definition) is 1. The van der Waals surface area contributed by atoms with E-state index in [0.29, 0.717) is 17.0 Å². The molecule has 3 heteroatoms. The lowest BCUT2D eigenvalue weighted by Gasteiger charge is -2.50. The van der Waals surface area contributed by atoms with Crippen molar-refractivity contribution in [1.29, 1.82) is 0 Å². The molecule has 0 aliphatic heterocycles. The standard InChI is InChI=1S/C17H25ClFN/c1-15(2)9-16(3,4)11-17(20,10-15)8-12-5-6-13(18)7-14(12)19/h5-7H,8-11,20H2,1-4H3. The molecule has 20 heavy (non-hydrogen) atoms. The summed E-state index contributed by atoms with van der Waals surface area (Å²) in [5, 5.41) is 0.432. The minimum atomic E-state index is -0.347. The highest BCUT2D eigenvalue weighted by Crippen LogP contribution is 2.50. The van der Waals surface area contributed by atoms with Crippen LogP contribution in [0.4, 0.5) is 4.39 Å². The van der Waals surface area contributed by atoms with Crippen molar-refractivity contribution in [2.75, 3.05) is 0 Å². The normalized spacial score (nSPS) is 23.6. The second-order valence-corrected chi connectivity index (χ2v) is 8.57. The maximum atomic E-state index is 14.0. The molecule has 0 bridgehead atoms. The van der Waals surface area contributed by atoms with Gasteiger partial charge in [0.05, 0.1) is 0 Å². The molecule has 1 aliphatic rings. The fraction of sp³-hybridized carbons (Fsp3) is 0.647. The Morgan fingerprint density at radius 1 is 1.10 bits per heavy atom. The molecular weight excluding hydrogens is 273 g/mol. The van der Waals surface area contributed by atoms with Crippen LogP contribution in [0.5, 0.6) is 0 Å². The van der Waals surface area contributed by atoms with Gasteiger partial charge in [0.25, 0.3) is 0 Å². The van der Waals surface area contributed by atoms with Crippen molar-refractivity contribution in [1.82, 2.24) is 0 Å². The van der Waals surface area contributed by atoms with Crippen LogP contribution in [0.15, 0.2) is 18.2 Å². The fourth-order valence-electron chi connectivity index (χ4n) is 4.56. The molecule has 1 aromatic rings. The average molecular weight is 298 g/mol. The molecule has 0 amide bonds. The predicted octanol–water partition coefficient (Wildman–Crippen LogP) is 4.96. The minimum absolute atomic E-state index is 0.194. The lowest BCUT2D eigenvalue weighted by Crippen LogP contribution is -2.53. The van der Waals surface area contributed by atoms with Gasteiger partial charge in [0.2, 0.25) is 0 Å². The third-order valence-electron chi connectivity index (χ3n) is 4.18. The van der Waals surface area contributed by atoms with Crippen LogP contribution in [0.1, 0.15) is 52.5 Å². The van der Waals surface area contributed by atoms with Crippen LogP contribution >= 0.6 is 11.6 Å². The number of rotatable bonds is 2. The summed E-state index contributed by atoms with van der Waals surface area (Å²) in [5.41, 5.74) is 7.36. The van der Waals surface area contributed by atoms with Gasteiger partial charge in [0.15, 0.2) is 0 Å². The molecule has 0 atom stereocenters. The van der Waals surface area contributed by atoms with Crippen molar-refractivity contribution in [3.05, 3.63) is 34.6 Å². The van der Waals surface area contributed by atoms with Gasteiger partial charge in [0.1, 0.15) is 5.82 Å². The van der Waals surface area contributed by atoms with Gasteiger partial charge in [-0.25, -0.2) is 4.39 Å². The van der Waals surface area contributed by atoms with Crippen LogP contribution < -0.4 is 5.73 Å². The molecule has 1 fully saturated rings. The molecule has 0 spiro atoms. The first kappa shape index (κ1) is 15.8. The first-order valence-corrected chi connectivity index (χ1v) is 7.61. The number of nitrogens with two attached hydrogens (primary N) is 1. The van der Waals surface area contributed by atoms with Gasteiger partial charge in [0, 0.05) is 10.6 Å². The Balaban J connectivity index is 2.26. The van der Waals surface area contributed by atoms with E-state index < -0.39 is 0 Å². The van der Waals surface area contributed by atoms with E-state index in [4.69, 9.17) is 17.3 Å². The monoisotopic (exact) mass is 297 g/mol. The maximum absolute atomic E-state index is 14.0. The highest BCUT2D eigenvalue weighted by Gasteiger charge is 2.45. The SMILES string of the molecule is CC1(C)CC(C)(C)CC(N)(Cc2ccc(Cl)cc2F)C1. The number of benzene rings is 1. The van der Waals surface area contributed by atoms with Gasteiger partial charge in [-0.15, -0.1) is 0 Å². The third-order valence-corrected chi connectivity index (χ3v) is 4.41. The molecule has 1 nitrogen and oxygen atoms in total. The summed E-state index contributed by atoms with van der Waals surface area (Å²) in [6.45, 7) is 9.03. The summed E-state index contributed by atoms with van der Waals surface area (Å²) >= 11 is 5.81. The van der Waals surface area contributed by atoms with Gasteiger partial charge in [-0.3, -0.25) is 0 Å². The molecule has 0 heterocycles. The van der Waals surface area contributed by atoms with Crippen LogP contribution in [-0.2, 0) is 6.42 Å². The summed E-state index contributed by atoms with van der Waals surface area (Å²) in [7, 11) is 0. The lowest BCUT2D eigenvalue weighted by atomic mass is 9.57. The molecule has 2 rings (SSSR count). The second kappa shape index (κ2) is 4.99. The second-order valence-electron chi connectivity index (χ2n) is 8.13. The van der Waals surface area contributed by atoms with Crippen molar-refractivity contribution in [2.45, 2.75) is 58.9 Å². The minimum Gasteiger partial charge on any atom is -0.325 e. The molecule has 1 saturated carbocycles. The third kappa shape index (κ3) is 3.73. The zero-order chi connectivity index (χ0) is 15.2. The van der Waals surface area contributed by atoms with Crippen molar-refractivity contribution >= 4 is 11.6 Å². The summed E-state index contributed by atoms with van der Waals surface area (Å²) in [4.78, 5) is 0. The van der Waals surface area contributed by atoms with Crippen molar-refractivity contribution < 1.29 is 4.39 Å². The molecule has 1 aromatic carbocycles. The summed E-state index contributed by atoms with van der Waals surface area (Å²) in [5.74, 6) is -0.247. The van der Waals surface area contributed by atoms with E-state index in [1.807, 2.05) is 0 Å². The van der Waals surface area contributed by atoms with E-state index in [2.05, 4.69) is 27.7 Å². The smallest absolute Gasteiger partial charge is 0.127 e. The molecule has 0 aromatic heterocycles. The molecule has 0 unspecified atom stereocenters. The molecule has 1 aliphatic carbocycles. The zero-order valence-electron chi connectivity index (χ0n) is 12.9. The summed E-state index contributed by atoms with van der Waals surface area (Å²) < 4.78 is 14.0. The van der Waals surface area contributed by atoms with Gasteiger partial charge < -0.3 is 5.73 Å². The number of hydrogen-bond acceptors (Lipinski definition) is 1. The van der Waals surface area contributed by atoms with Crippen LogP contribution in [-0.4, -0.2) is 5.54 Å².